The van der Waals surface area contributed by atoms with E-state index in [0.717, 1.165) is 11.1 Å². The number of benzene rings is 1. The van der Waals surface area contributed by atoms with Crippen LogP contribution in [0.25, 0.3) is 0 Å². The van der Waals surface area contributed by atoms with Crippen LogP contribution in [0.4, 0.5) is 4.79 Å². The van der Waals surface area contributed by atoms with E-state index in [1.807, 2.05) is 54.3 Å². The number of carbonyl (C=O) groups is 3. The van der Waals surface area contributed by atoms with Crippen LogP contribution in [0.15, 0.2) is 54.9 Å². The molecule has 2 saturated heterocycles. The Hall–Kier alpha value is -3.22. The average molecular weight is 421 g/mol. The van der Waals surface area contributed by atoms with Crippen molar-refractivity contribution in [1.29, 1.82) is 0 Å². The molecule has 1 aromatic carbocycles. The lowest BCUT2D eigenvalue weighted by molar-refractivity contribution is -0.141. The molecule has 0 saturated carbocycles. The summed E-state index contributed by atoms with van der Waals surface area (Å²) in [5.74, 6) is -0.0455. The number of likely N-dealkylation sites (tertiary alicyclic amines) is 1. The summed E-state index contributed by atoms with van der Waals surface area (Å²) in [6, 6.07) is 13.4. The van der Waals surface area contributed by atoms with Crippen LogP contribution in [0.5, 0.6) is 0 Å². The Kier molecular flexibility index (Phi) is 6.02. The zero-order chi connectivity index (χ0) is 21.8. The number of pyridine rings is 1. The quantitative estimate of drug-likeness (QED) is 0.674. The highest BCUT2D eigenvalue weighted by atomic mass is 16.2. The van der Waals surface area contributed by atoms with E-state index in [1.165, 1.54) is 4.90 Å². The minimum Gasteiger partial charge on any atom is -0.342 e. The van der Waals surface area contributed by atoms with Gasteiger partial charge in [0, 0.05) is 45.0 Å². The number of urea groups is 1. The lowest BCUT2D eigenvalue weighted by Gasteiger charge is -2.42. The molecule has 0 N–H and O–H groups in total. The number of carbonyl (C=O) groups excluding carboxylic acids is 3. The lowest BCUT2D eigenvalue weighted by atomic mass is 9.85. The zero-order valence-corrected chi connectivity index (χ0v) is 17.9. The summed E-state index contributed by atoms with van der Waals surface area (Å²) in [5, 5.41) is 0. The third-order valence-corrected chi connectivity index (χ3v) is 6.42. The summed E-state index contributed by atoms with van der Waals surface area (Å²) in [6.07, 6.45) is 5.51. The molecule has 0 radical (unpaired) electrons. The first kappa shape index (κ1) is 21.0. The number of likely N-dealkylation sites (N-methyl/N-ethyl adjacent to an activating group) is 1. The monoisotopic (exact) mass is 420 g/mol. The van der Waals surface area contributed by atoms with E-state index in [9.17, 15) is 14.4 Å². The second-order valence-corrected chi connectivity index (χ2v) is 8.18. The lowest BCUT2D eigenvalue weighted by Crippen LogP contribution is -2.57. The van der Waals surface area contributed by atoms with Crippen LogP contribution >= 0.6 is 0 Å². The molecule has 0 aliphatic carbocycles. The van der Waals surface area contributed by atoms with Crippen LogP contribution in [0.1, 0.15) is 37.3 Å². The molecule has 7 heteroatoms. The fraction of sp³-hybridized carbons (Fsp3) is 0.417. The highest BCUT2D eigenvalue weighted by molar-refractivity contribution is 6.07. The van der Waals surface area contributed by atoms with Gasteiger partial charge in [-0.2, -0.15) is 0 Å². The number of rotatable bonds is 6. The average Bonchev–Trinajstić information content (AvgIpc) is 3.00. The topological polar surface area (TPSA) is 73.8 Å². The largest absolute Gasteiger partial charge is 0.342 e. The molecule has 0 atom stereocenters. The summed E-state index contributed by atoms with van der Waals surface area (Å²) >= 11 is 0. The minimum atomic E-state index is -0.858. The Morgan fingerprint density at radius 3 is 2.39 bits per heavy atom. The van der Waals surface area contributed by atoms with Gasteiger partial charge >= 0.3 is 6.03 Å². The van der Waals surface area contributed by atoms with Gasteiger partial charge in [-0.25, -0.2) is 4.79 Å². The van der Waals surface area contributed by atoms with E-state index in [2.05, 4.69) is 4.98 Å². The van der Waals surface area contributed by atoms with Gasteiger partial charge in [0.2, 0.25) is 5.91 Å². The summed E-state index contributed by atoms with van der Waals surface area (Å²) in [7, 11) is 0. The molecule has 0 unspecified atom stereocenters. The van der Waals surface area contributed by atoms with Crippen molar-refractivity contribution in [2.75, 3.05) is 19.6 Å². The smallest absolute Gasteiger partial charge is 0.327 e. The van der Waals surface area contributed by atoms with Gasteiger partial charge < -0.3 is 9.80 Å². The fourth-order valence-corrected chi connectivity index (χ4v) is 4.61. The second kappa shape index (κ2) is 8.88. The Bertz CT molecular complexity index is 940. The second-order valence-electron chi connectivity index (χ2n) is 8.18. The van der Waals surface area contributed by atoms with E-state index >= 15 is 0 Å². The number of amides is 4. The standard InChI is InChI=1S/C24H28N4O3/c1-2-27-22(30)24(28(23(27)31)18-20-7-4-3-5-8-20)12-15-26(16-13-24)21(29)11-10-19-9-6-14-25-17-19/h3-9,14,17H,2,10-13,15-16,18H2,1H3. The van der Waals surface area contributed by atoms with Gasteiger partial charge in [0.1, 0.15) is 5.54 Å². The van der Waals surface area contributed by atoms with Gasteiger partial charge in [0.05, 0.1) is 0 Å². The van der Waals surface area contributed by atoms with Crippen LogP contribution in [-0.2, 0) is 22.6 Å². The molecule has 162 valence electrons. The van der Waals surface area contributed by atoms with Gasteiger partial charge in [-0.15, -0.1) is 0 Å². The van der Waals surface area contributed by atoms with Crippen molar-refractivity contribution < 1.29 is 14.4 Å². The molecule has 1 aromatic heterocycles. The number of aromatic nitrogens is 1. The maximum Gasteiger partial charge on any atom is 0.327 e. The molecule has 2 aliphatic rings. The summed E-state index contributed by atoms with van der Waals surface area (Å²) in [4.78, 5) is 48.0. The first-order valence-electron chi connectivity index (χ1n) is 10.9. The summed E-state index contributed by atoms with van der Waals surface area (Å²) < 4.78 is 0. The zero-order valence-electron chi connectivity index (χ0n) is 17.9. The van der Waals surface area contributed by atoms with Gasteiger partial charge in [0.25, 0.3) is 5.91 Å². The van der Waals surface area contributed by atoms with Crippen molar-refractivity contribution in [2.45, 2.75) is 44.7 Å². The van der Waals surface area contributed by atoms with E-state index < -0.39 is 5.54 Å². The maximum atomic E-state index is 13.3. The van der Waals surface area contributed by atoms with Crippen molar-refractivity contribution in [3.05, 3.63) is 66.0 Å². The molecule has 4 rings (SSSR count). The van der Waals surface area contributed by atoms with Gasteiger partial charge in [0.15, 0.2) is 0 Å². The van der Waals surface area contributed by atoms with Gasteiger partial charge in [-0.1, -0.05) is 36.4 Å². The first-order valence-corrected chi connectivity index (χ1v) is 10.9. The third kappa shape index (κ3) is 4.04. The van der Waals surface area contributed by atoms with Crippen LogP contribution in [0.2, 0.25) is 0 Å². The molecule has 31 heavy (non-hydrogen) atoms. The first-order chi connectivity index (χ1) is 15.0. The Balaban J connectivity index is 1.45. The molecule has 4 amide bonds. The predicted molar refractivity (Wildman–Crippen MR) is 116 cm³/mol. The number of hydrogen-bond donors (Lipinski definition) is 0. The summed E-state index contributed by atoms with van der Waals surface area (Å²) in [6.45, 7) is 3.55. The van der Waals surface area contributed by atoms with Crippen molar-refractivity contribution in [3.8, 4) is 0 Å². The van der Waals surface area contributed by atoms with Crippen molar-refractivity contribution >= 4 is 17.8 Å². The molecule has 2 aliphatic heterocycles. The number of nitrogens with zero attached hydrogens (tertiary/aromatic N) is 4. The molecule has 3 heterocycles. The van der Waals surface area contributed by atoms with E-state index in [1.54, 1.807) is 17.3 Å². The number of hydrogen-bond acceptors (Lipinski definition) is 4. The van der Waals surface area contributed by atoms with E-state index in [-0.39, 0.29) is 17.8 Å². The van der Waals surface area contributed by atoms with Crippen LogP contribution in [0.3, 0.4) is 0 Å². The Morgan fingerprint density at radius 2 is 1.74 bits per heavy atom. The highest BCUT2D eigenvalue weighted by Crippen LogP contribution is 2.38. The van der Waals surface area contributed by atoms with E-state index in [0.29, 0.717) is 51.9 Å². The molecule has 0 bridgehead atoms. The van der Waals surface area contributed by atoms with Crippen LogP contribution in [0, 0.1) is 0 Å². The number of imide groups is 1. The van der Waals surface area contributed by atoms with Gasteiger partial charge in [-0.05, 0) is 43.4 Å². The third-order valence-electron chi connectivity index (χ3n) is 6.42. The predicted octanol–water partition coefficient (Wildman–Crippen LogP) is 2.86. The highest BCUT2D eigenvalue weighted by Gasteiger charge is 2.57. The minimum absolute atomic E-state index is 0.0810. The van der Waals surface area contributed by atoms with Crippen LogP contribution in [-0.4, -0.2) is 62.7 Å². The number of aryl methyl sites for hydroxylation is 1. The Morgan fingerprint density at radius 1 is 1.03 bits per heavy atom. The summed E-state index contributed by atoms with van der Waals surface area (Å²) in [5.41, 5.74) is 1.17. The van der Waals surface area contributed by atoms with Gasteiger partial charge in [-0.3, -0.25) is 19.5 Å². The molecular formula is C24H28N4O3. The van der Waals surface area contributed by atoms with Crippen molar-refractivity contribution in [3.63, 3.8) is 0 Å². The van der Waals surface area contributed by atoms with Crippen molar-refractivity contribution in [1.82, 2.24) is 19.7 Å². The molecule has 2 fully saturated rings. The molecule has 2 aromatic rings. The number of piperidine rings is 1. The van der Waals surface area contributed by atoms with Crippen molar-refractivity contribution in [2.24, 2.45) is 0 Å². The maximum absolute atomic E-state index is 13.3. The normalized spacial score (nSPS) is 18.2. The van der Waals surface area contributed by atoms with E-state index in [4.69, 9.17) is 0 Å². The SMILES string of the molecule is CCN1C(=O)N(Cc2ccccc2)C2(CCN(C(=O)CCc3cccnc3)CC2)C1=O. The Labute approximate surface area is 182 Å². The molecule has 1 spiro atoms. The van der Waals surface area contributed by atoms with Crippen LogP contribution < -0.4 is 0 Å². The molecule has 7 nitrogen and oxygen atoms in total. The molecular weight excluding hydrogens is 392 g/mol. The fourth-order valence-electron chi connectivity index (χ4n) is 4.61.